The first-order valence-electron chi connectivity index (χ1n) is 9.83. The number of anilines is 1. The number of hydrogen-bond donors (Lipinski definition) is 1. The molecule has 1 amide bonds. The Morgan fingerprint density at radius 1 is 0.967 bits per heavy atom. The van der Waals surface area contributed by atoms with Crippen LogP contribution in [-0.4, -0.2) is 35.8 Å². The van der Waals surface area contributed by atoms with Gasteiger partial charge < -0.3 is 10.0 Å². The molecule has 1 unspecified atom stereocenters. The number of rotatable bonds is 5. The van der Waals surface area contributed by atoms with Crippen LogP contribution in [0.2, 0.25) is 0 Å². The van der Waals surface area contributed by atoms with Gasteiger partial charge in [0.1, 0.15) is 6.04 Å². The lowest BCUT2D eigenvalue weighted by Gasteiger charge is -2.24. The number of para-hydroxylation sites is 1. The van der Waals surface area contributed by atoms with Gasteiger partial charge in [0.15, 0.2) is 0 Å². The molecule has 0 saturated carbocycles. The fourth-order valence-electron chi connectivity index (χ4n) is 3.84. The van der Waals surface area contributed by atoms with E-state index in [-0.39, 0.29) is 12.3 Å². The summed E-state index contributed by atoms with van der Waals surface area (Å²) in [6, 6.07) is 25.4. The lowest BCUT2D eigenvalue weighted by molar-refractivity contribution is -0.144. The maximum atomic E-state index is 13.4. The highest BCUT2D eigenvalue weighted by Gasteiger charge is 2.38. The molecule has 1 heterocycles. The maximum Gasteiger partial charge on any atom is 0.309 e. The Kier molecular flexibility index (Phi) is 5.44. The molecule has 0 radical (unpaired) electrons. The number of likely N-dealkylation sites (N-methyl/N-ethyl adjacent to an activating group) is 1. The van der Waals surface area contributed by atoms with Crippen LogP contribution >= 0.6 is 0 Å². The van der Waals surface area contributed by atoms with Crippen molar-refractivity contribution in [3.63, 3.8) is 0 Å². The van der Waals surface area contributed by atoms with Gasteiger partial charge in [-0.15, -0.1) is 0 Å². The van der Waals surface area contributed by atoms with Gasteiger partial charge >= 0.3 is 5.97 Å². The summed E-state index contributed by atoms with van der Waals surface area (Å²) in [4.78, 5) is 31.9. The number of fused-ring (bicyclic) bond motifs is 1. The molecule has 2 atom stereocenters. The third-order valence-electron chi connectivity index (χ3n) is 5.42. The Bertz CT molecular complexity index is 1090. The molecule has 1 aliphatic heterocycles. The molecule has 150 valence electrons. The molecule has 3 aromatic carbocycles. The van der Waals surface area contributed by atoms with Gasteiger partial charge in [0, 0.05) is 18.2 Å². The molecule has 0 fully saturated rings. The number of nitrogens with zero attached hydrogens (tertiary/aromatic N) is 2. The number of carboxylic acid groups (broad SMARTS) is 1. The van der Waals surface area contributed by atoms with E-state index in [9.17, 15) is 14.7 Å². The zero-order valence-corrected chi connectivity index (χ0v) is 16.6. The van der Waals surface area contributed by atoms with E-state index >= 15 is 0 Å². The summed E-state index contributed by atoms with van der Waals surface area (Å²) in [5, 5.41) is 10.0. The topological polar surface area (TPSA) is 70.0 Å². The second-order valence-corrected chi connectivity index (χ2v) is 7.34. The molecule has 0 aromatic heterocycles. The summed E-state index contributed by atoms with van der Waals surface area (Å²) in [5.74, 6) is -2.33. The van der Waals surface area contributed by atoms with Gasteiger partial charge in [0.25, 0.3) is 5.91 Å². The fraction of sp³-hybridized carbons (Fsp3) is 0.160. The van der Waals surface area contributed by atoms with Gasteiger partial charge in [-0.3, -0.25) is 14.6 Å². The Balaban J connectivity index is 1.86. The van der Waals surface area contributed by atoms with Crippen molar-refractivity contribution in [3.05, 3.63) is 102 Å². The van der Waals surface area contributed by atoms with E-state index in [0.29, 0.717) is 5.71 Å². The van der Waals surface area contributed by atoms with Crippen LogP contribution in [0.15, 0.2) is 89.9 Å². The minimum absolute atomic E-state index is 0.225. The van der Waals surface area contributed by atoms with Crippen molar-refractivity contribution in [2.45, 2.75) is 12.5 Å². The lowest BCUT2D eigenvalue weighted by Crippen LogP contribution is -2.42. The fourth-order valence-corrected chi connectivity index (χ4v) is 3.84. The number of carboxylic acids is 1. The minimum Gasteiger partial charge on any atom is -0.481 e. The molecular weight excluding hydrogens is 376 g/mol. The van der Waals surface area contributed by atoms with E-state index in [2.05, 4.69) is 0 Å². The van der Waals surface area contributed by atoms with Crippen molar-refractivity contribution >= 4 is 23.3 Å². The van der Waals surface area contributed by atoms with Crippen molar-refractivity contribution in [1.29, 1.82) is 0 Å². The van der Waals surface area contributed by atoms with Gasteiger partial charge in [-0.2, -0.15) is 0 Å². The summed E-state index contributed by atoms with van der Waals surface area (Å²) in [6.07, 6.45) is 0.225. The summed E-state index contributed by atoms with van der Waals surface area (Å²) >= 11 is 0. The van der Waals surface area contributed by atoms with Gasteiger partial charge in [-0.25, -0.2) is 0 Å². The Morgan fingerprint density at radius 2 is 1.57 bits per heavy atom. The number of carbonyl (C=O) groups is 2. The second kappa shape index (κ2) is 8.33. The van der Waals surface area contributed by atoms with E-state index in [1.807, 2.05) is 84.9 Å². The smallest absolute Gasteiger partial charge is 0.309 e. The van der Waals surface area contributed by atoms with Crippen LogP contribution in [-0.2, 0) is 16.0 Å². The maximum absolute atomic E-state index is 13.4. The van der Waals surface area contributed by atoms with Crippen LogP contribution < -0.4 is 4.90 Å². The number of aliphatic imine (C=N–C) groups is 1. The highest BCUT2D eigenvalue weighted by molar-refractivity contribution is 6.20. The highest BCUT2D eigenvalue weighted by Crippen LogP contribution is 2.30. The number of amides is 1. The zero-order chi connectivity index (χ0) is 21.1. The summed E-state index contributed by atoms with van der Waals surface area (Å²) < 4.78 is 0. The Morgan fingerprint density at radius 3 is 2.23 bits per heavy atom. The SMILES string of the molecule is CN1C(=O)[C@H](C(Cc2ccccc2)C(=O)O)N=C(c2ccccc2)c2ccccc21. The van der Waals surface area contributed by atoms with Crippen LogP contribution in [0.1, 0.15) is 16.7 Å². The first-order valence-corrected chi connectivity index (χ1v) is 9.83. The monoisotopic (exact) mass is 398 g/mol. The van der Waals surface area contributed by atoms with Crippen molar-refractivity contribution in [1.82, 2.24) is 0 Å². The first kappa shape index (κ1) is 19.6. The van der Waals surface area contributed by atoms with Crippen molar-refractivity contribution in [2.24, 2.45) is 10.9 Å². The van der Waals surface area contributed by atoms with Gasteiger partial charge in [-0.05, 0) is 18.1 Å². The molecule has 5 heteroatoms. The molecule has 1 N–H and O–H groups in total. The third-order valence-corrected chi connectivity index (χ3v) is 5.42. The van der Waals surface area contributed by atoms with E-state index < -0.39 is 17.9 Å². The van der Waals surface area contributed by atoms with Gasteiger partial charge in [0.2, 0.25) is 0 Å². The molecular formula is C25H22N2O3. The second-order valence-electron chi connectivity index (χ2n) is 7.34. The molecule has 3 aromatic rings. The van der Waals surface area contributed by atoms with Crippen molar-refractivity contribution < 1.29 is 14.7 Å². The van der Waals surface area contributed by atoms with Crippen LogP contribution in [0.3, 0.4) is 0 Å². The van der Waals surface area contributed by atoms with E-state index in [1.54, 1.807) is 7.05 Å². The van der Waals surface area contributed by atoms with Crippen molar-refractivity contribution in [2.75, 3.05) is 11.9 Å². The Labute approximate surface area is 175 Å². The van der Waals surface area contributed by atoms with E-state index in [1.165, 1.54) is 4.90 Å². The molecule has 0 saturated heterocycles. The molecule has 30 heavy (non-hydrogen) atoms. The number of hydrogen-bond acceptors (Lipinski definition) is 3. The standard InChI is InChI=1S/C25H22N2O3/c1-27-21-15-9-8-14-19(21)22(18-12-6-3-7-13-18)26-23(24(27)28)20(25(29)30)16-17-10-4-2-5-11-17/h2-15,20,23H,16H2,1H3,(H,29,30)/t20?,23-/m0/s1. The average Bonchev–Trinajstić information content (AvgIpc) is 2.89. The van der Waals surface area contributed by atoms with Crippen LogP contribution in [0.25, 0.3) is 0 Å². The summed E-state index contributed by atoms with van der Waals surface area (Å²) in [6.45, 7) is 0. The van der Waals surface area contributed by atoms with Gasteiger partial charge in [0.05, 0.1) is 17.3 Å². The zero-order valence-electron chi connectivity index (χ0n) is 16.6. The van der Waals surface area contributed by atoms with E-state index in [4.69, 9.17) is 4.99 Å². The Hall–Kier alpha value is -3.73. The number of carbonyl (C=O) groups excluding carboxylic acids is 1. The molecule has 1 aliphatic rings. The van der Waals surface area contributed by atoms with Crippen LogP contribution in [0, 0.1) is 5.92 Å². The number of benzodiazepines with no additional fused rings is 1. The minimum atomic E-state index is -1.03. The largest absolute Gasteiger partial charge is 0.481 e. The predicted octanol–water partition coefficient (Wildman–Crippen LogP) is 3.81. The van der Waals surface area contributed by atoms with Crippen LogP contribution in [0.5, 0.6) is 0 Å². The summed E-state index contributed by atoms with van der Waals surface area (Å²) in [5.41, 5.74) is 3.87. The van der Waals surface area contributed by atoms with Crippen LogP contribution in [0.4, 0.5) is 5.69 Å². The van der Waals surface area contributed by atoms with Gasteiger partial charge in [-0.1, -0.05) is 78.9 Å². The van der Waals surface area contributed by atoms with Crippen molar-refractivity contribution in [3.8, 4) is 0 Å². The van der Waals surface area contributed by atoms with E-state index in [0.717, 1.165) is 22.4 Å². The molecule has 4 rings (SSSR count). The average molecular weight is 398 g/mol. The molecule has 0 spiro atoms. The molecule has 0 aliphatic carbocycles. The first-order chi connectivity index (χ1) is 14.6. The molecule has 0 bridgehead atoms. The number of aliphatic carboxylic acids is 1. The highest BCUT2D eigenvalue weighted by atomic mass is 16.4. The number of benzene rings is 3. The third kappa shape index (κ3) is 3.74. The molecule has 5 nitrogen and oxygen atoms in total. The summed E-state index contributed by atoms with van der Waals surface area (Å²) in [7, 11) is 1.68. The normalized spacial score (nSPS) is 17.0. The quantitative estimate of drug-likeness (QED) is 0.710. The lowest BCUT2D eigenvalue weighted by atomic mass is 9.91. The predicted molar refractivity (Wildman–Crippen MR) is 117 cm³/mol.